The van der Waals surface area contributed by atoms with Gasteiger partial charge in [0.15, 0.2) is 0 Å². The van der Waals surface area contributed by atoms with Crippen molar-refractivity contribution in [2.45, 2.75) is 44.8 Å². The number of nitrogens with zero attached hydrogens (tertiary/aromatic N) is 2. The van der Waals surface area contributed by atoms with Gasteiger partial charge in [0.05, 0.1) is 7.11 Å². The molecule has 1 atom stereocenters. The number of methoxy groups -OCH3 is 1. The quantitative estimate of drug-likeness (QED) is 0.424. The van der Waals surface area contributed by atoms with Crippen LogP contribution >= 0.6 is 0 Å². The Bertz CT molecular complexity index is 1190. The van der Waals surface area contributed by atoms with Gasteiger partial charge in [-0.1, -0.05) is 54.6 Å². The van der Waals surface area contributed by atoms with Crippen molar-refractivity contribution in [2.75, 3.05) is 20.8 Å². The van der Waals surface area contributed by atoms with Crippen LogP contribution in [0.1, 0.15) is 43.4 Å². The van der Waals surface area contributed by atoms with Gasteiger partial charge in [0.25, 0.3) is 0 Å². The summed E-state index contributed by atoms with van der Waals surface area (Å²) in [5.74, 6) is -0.104. The maximum Gasteiger partial charge on any atom is 0.410 e. The smallest absolute Gasteiger partial charge is 0.410 e. The lowest BCUT2D eigenvalue weighted by atomic mass is 9.98. The molecule has 0 spiro atoms. The molecule has 7 heteroatoms. The van der Waals surface area contributed by atoms with E-state index in [1.807, 2.05) is 30.3 Å². The Balaban J connectivity index is 1.51. The minimum atomic E-state index is -0.880. The van der Waals surface area contributed by atoms with Crippen molar-refractivity contribution < 1.29 is 23.8 Å². The van der Waals surface area contributed by atoms with Crippen molar-refractivity contribution in [3.8, 4) is 17.0 Å². The summed E-state index contributed by atoms with van der Waals surface area (Å²) < 4.78 is 16.5. The fraction of sp³-hybridized carbons (Fsp3) is 0.345. The number of likely N-dealkylation sites (N-methyl/N-ethyl adjacent to an activating group) is 1. The van der Waals surface area contributed by atoms with Gasteiger partial charge in [0.1, 0.15) is 18.2 Å². The number of hydrogen-bond acceptors (Lipinski definition) is 6. The Kier molecular flexibility index (Phi) is 7.29. The van der Waals surface area contributed by atoms with Crippen molar-refractivity contribution >= 4 is 12.1 Å². The summed E-state index contributed by atoms with van der Waals surface area (Å²) in [7, 11) is 3.10. The van der Waals surface area contributed by atoms with Gasteiger partial charge in [0, 0.05) is 31.6 Å². The highest BCUT2D eigenvalue weighted by molar-refractivity contribution is 5.82. The summed E-state index contributed by atoms with van der Waals surface area (Å²) in [6, 6.07) is 19.0. The molecular weight excluding hydrogens is 456 g/mol. The van der Waals surface area contributed by atoms with E-state index in [0.29, 0.717) is 5.88 Å². The molecule has 1 heterocycles. The molecule has 1 aliphatic carbocycles. The van der Waals surface area contributed by atoms with E-state index in [9.17, 15) is 9.59 Å². The van der Waals surface area contributed by atoms with Crippen molar-refractivity contribution in [1.82, 2.24) is 9.88 Å². The van der Waals surface area contributed by atoms with E-state index in [-0.39, 0.29) is 18.9 Å². The molecule has 0 saturated carbocycles. The molecule has 188 valence electrons. The number of ether oxygens (including phenoxy) is 3. The van der Waals surface area contributed by atoms with Gasteiger partial charge in [-0.3, -0.25) is 4.90 Å². The first-order valence-corrected chi connectivity index (χ1v) is 12.0. The Hall–Kier alpha value is -3.87. The molecule has 2 aromatic carbocycles. The molecule has 0 saturated heterocycles. The second-order valence-electron chi connectivity index (χ2n) is 9.88. The van der Waals surface area contributed by atoms with Crippen molar-refractivity contribution in [3.05, 3.63) is 83.6 Å². The molecule has 1 aliphatic rings. The number of carbonyl (C=O) groups is 2. The van der Waals surface area contributed by atoms with Gasteiger partial charge < -0.3 is 14.2 Å². The monoisotopic (exact) mass is 488 g/mol. The Labute approximate surface area is 212 Å². The molecule has 1 amide bonds. The van der Waals surface area contributed by atoms with Crippen molar-refractivity contribution in [2.24, 2.45) is 0 Å². The highest BCUT2D eigenvalue weighted by Gasteiger charge is 2.34. The number of benzene rings is 2. The minimum Gasteiger partial charge on any atom is -0.481 e. The van der Waals surface area contributed by atoms with Crippen LogP contribution in [0.5, 0.6) is 5.88 Å². The third kappa shape index (κ3) is 5.51. The molecule has 0 N–H and O–H groups in total. The van der Waals surface area contributed by atoms with Gasteiger partial charge in [-0.05, 0) is 48.6 Å². The lowest BCUT2D eigenvalue weighted by molar-refractivity contribution is -0.160. The summed E-state index contributed by atoms with van der Waals surface area (Å²) in [4.78, 5) is 31.8. The number of carbonyl (C=O) groups excluding carboxylic acids is 2. The summed E-state index contributed by atoms with van der Waals surface area (Å²) in [5.41, 5.74) is 4.63. The topological polar surface area (TPSA) is 78.0 Å². The molecule has 4 rings (SSSR count). The van der Waals surface area contributed by atoms with Crippen LogP contribution in [0.3, 0.4) is 0 Å². The zero-order valence-electron chi connectivity index (χ0n) is 21.4. The fourth-order valence-electron chi connectivity index (χ4n) is 4.45. The maximum atomic E-state index is 13.2. The SMILES string of the molecule is COc1ccc(C[C@@H](C(=O)OC(C)(C)C)N(C)C(=O)OCC2c3ccccc3-c3ccccc32)cn1. The van der Waals surface area contributed by atoms with E-state index in [4.69, 9.17) is 14.2 Å². The standard InChI is InChI=1S/C29H32N2O5/c1-29(2,3)36-27(32)25(16-19-14-15-26(34-5)30-17-19)31(4)28(33)35-18-24-22-12-8-6-10-20(22)21-11-7-9-13-23(21)24/h6-15,17,24-25H,16,18H2,1-5H3/t25-/m0/s1. The molecular formula is C29H32N2O5. The van der Waals surface area contributed by atoms with Crippen LogP contribution in [0.2, 0.25) is 0 Å². The summed E-state index contributed by atoms with van der Waals surface area (Å²) in [6.45, 7) is 5.56. The second-order valence-corrected chi connectivity index (χ2v) is 9.88. The van der Waals surface area contributed by atoms with Crippen LogP contribution in [-0.2, 0) is 20.7 Å². The molecule has 0 fully saturated rings. The number of amides is 1. The maximum absolute atomic E-state index is 13.2. The Morgan fingerprint density at radius 3 is 2.11 bits per heavy atom. The highest BCUT2D eigenvalue weighted by Crippen LogP contribution is 2.44. The number of fused-ring (bicyclic) bond motifs is 3. The summed E-state index contributed by atoms with van der Waals surface area (Å²) in [5, 5.41) is 0. The van der Waals surface area contributed by atoms with Crippen LogP contribution < -0.4 is 4.74 Å². The van der Waals surface area contributed by atoms with Crippen LogP contribution in [0, 0.1) is 0 Å². The van der Waals surface area contributed by atoms with Crippen LogP contribution in [0.4, 0.5) is 4.79 Å². The molecule has 1 aromatic heterocycles. The van der Waals surface area contributed by atoms with Crippen molar-refractivity contribution in [1.29, 1.82) is 0 Å². The predicted molar refractivity (Wildman–Crippen MR) is 137 cm³/mol. The third-order valence-corrected chi connectivity index (χ3v) is 6.21. The average molecular weight is 489 g/mol. The van der Waals surface area contributed by atoms with Crippen LogP contribution in [0.15, 0.2) is 66.9 Å². The average Bonchev–Trinajstić information content (AvgIpc) is 3.18. The van der Waals surface area contributed by atoms with E-state index in [2.05, 4.69) is 29.2 Å². The van der Waals surface area contributed by atoms with E-state index in [1.165, 1.54) is 12.0 Å². The predicted octanol–water partition coefficient (Wildman–Crippen LogP) is 5.22. The molecule has 0 aliphatic heterocycles. The minimum absolute atomic E-state index is 0.0690. The second kappa shape index (κ2) is 10.4. The zero-order chi connectivity index (χ0) is 25.9. The first-order valence-electron chi connectivity index (χ1n) is 12.0. The van der Waals surface area contributed by atoms with Gasteiger partial charge in [-0.15, -0.1) is 0 Å². The van der Waals surface area contributed by atoms with Gasteiger partial charge in [-0.2, -0.15) is 0 Å². The first-order chi connectivity index (χ1) is 17.2. The van der Waals surface area contributed by atoms with Gasteiger partial charge in [-0.25, -0.2) is 14.6 Å². The number of pyridine rings is 1. The number of aromatic nitrogens is 1. The number of rotatable bonds is 7. The molecule has 7 nitrogen and oxygen atoms in total. The fourth-order valence-corrected chi connectivity index (χ4v) is 4.45. The number of hydrogen-bond donors (Lipinski definition) is 0. The Morgan fingerprint density at radius 2 is 1.58 bits per heavy atom. The Morgan fingerprint density at radius 1 is 0.972 bits per heavy atom. The van der Waals surface area contributed by atoms with Crippen LogP contribution in [0.25, 0.3) is 11.1 Å². The molecule has 0 unspecified atom stereocenters. The van der Waals surface area contributed by atoms with Gasteiger partial charge in [0.2, 0.25) is 5.88 Å². The molecule has 0 bridgehead atoms. The summed E-state index contributed by atoms with van der Waals surface area (Å²) in [6.07, 6.45) is 1.27. The van der Waals surface area contributed by atoms with Crippen LogP contribution in [-0.4, -0.2) is 54.4 Å². The van der Waals surface area contributed by atoms with E-state index in [0.717, 1.165) is 27.8 Å². The lowest BCUT2D eigenvalue weighted by Gasteiger charge is -2.30. The highest BCUT2D eigenvalue weighted by atomic mass is 16.6. The molecule has 3 aromatic rings. The van der Waals surface area contributed by atoms with E-state index in [1.54, 1.807) is 40.1 Å². The van der Waals surface area contributed by atoms with E-state index >= 15 is 0 Å². The molecule has 0 radical (unpaired) electrons. The van der Waals surface area contributed by atoms with Gasteiger partial charge >= 0.3 is 12.1 Å². The third-order valence-electron chi connectivity index (χ3n) is 6.21. The van der Waals surface area contributed by atoms with E-state index < -0.39 is 23.7 Å². The molecule has 36 heavy (non-hydrogen) atoms. The normalized spacial score (nSPS) is 13.4. The largest absolute Gasteiger partial charge is 0.481 e. The number of esters is 1. The zero-order valence-corrected chi connectivity index (χ0v) is 21.4. The first kappa shape index (κ1) is 25.2. The van der Waals surface area contributed by atoms with Crippen molar-refractivity contribution in [3.63, 3.8) is 0 Å². The summed E-state index contributed by atoms with van der Waals surface area (Å²) >= 11 is 0. The lowest BCUT2D eigenvalue weighted by Crippen LogP contribution is -2.47.